The summed E-state index contributed by atoms with van der Waals surface area (Å²) in [6.45, 7) is 6.27. The van der Waals surface area contributed by atoms with Crippen molar-refractivity contribution in [2.24, 2.45) is 0 Å². The maximum Gasteiger partial charge on any atom is 0.136 e. The molecule has 2 aromatic rings. The third-order valence-electron chi connectivity index (χ3n) is 4.18. The van der Waals surface area contributed by atoms with Gasteiger partial charge in [-0.2, -0.15) is 0 Å². The fraction of sp³-hybridized carbons (Fsp3) is 0.444. The second-order valence-corrected chi connectivity index (χ2v) is 6.08. The van der Waals surface area contributed by atoms with Crippen molar-refractivity contribution in [3.63, 3.8) is 0 Å². The van der Waals surface area contributed by atoms with E-state index in [4.69, 9.17) is 9.15 Å². The van der Waals surface area contributed by atoms with Crippen molar-refractivity contribution in [3.8, 4) is 0 Å². The van der Waals surface area contributed by atoms with E-state index in [2.05, 4.69) is 28.4 Å². The summed E-state index contributed by atoms with van der Waals surface area (Å²) in [6.07, 6.45) is 1.58. The molecule has 1 unspecified atom stereocenters. The zero-order valence-corrected chi connectivity index (χ0v) is 13.5. The Labute approximate surface area is 136 Å². The SMILES string of the molecule is CC(O)(CNCc1ccccc1N1CCOCC1)c1ccco1. The van der Waals surface area contributed by atoms with Gasteiger partial charge in [-0.3, -0.25) is 0 Å². The number of nitrogens with one attached hydrogen (secondary N) is 1. The Hall–Kier alpha value is -1.82. The molecule has 5 heteroatoms. The van der Waals surface area contributed by atoms with E-state index in [1.165, 1.54) is 11.3 Å². The van der Waals surface area contributed by atoms with Crippen LogP contribution < -0.4 is 10.2 Å². The van der Waals surface area contributed by atoms with Crippen LogP contribution in [0.3, 0.4) is 0 Å². The summed E-state index contributed by atoms with van der Waals surface area (Å²) in [5.41, 5.74) is 1.45. The molecule has 23 heavy (non-hydrogen) atoms. The lowest BCUT2D eigenvalue weighted by Gasteiger charge is -2.31. The van der Waals surface area contributed by atoms with Gasteiger partial charge >= 0.3 is 0 Å². The molecule has 2 N–H and O–H groups in total. The molecule has 2 heterocycles. The summed E-state index contributed by atoms with van der Waals surface area (Å²) in [5, 5.41) is 13.8. The van der Waals surface area contributed by atoms with Gasteiger partial charge in [0.1, 0.15) is 11.4 Å². The van der Waals surface area contributed by atoms with E-state index < -0.39 is 5.60 Å². The maximum absolute atomic E-state index is 10.5. The van der Waals surface area contributed by atoms with Crippen LogP contribution in [0.25, 0.3) is 0 Å². The van der Waals surface area contributed by atoms with Gasteiger partial charge in [0.15, 0.2) is 0 Å². The minimum Gasteiger partial charge on any atom is -0.466 e. The Morgan fingerprint density at radius 1 is 1.17 bits per heavy atom. The second kappa shape index (κ2) is 7.17. The van der Waals surface area contributed by atoms with E-state index in [1.807, 2.05) is 6.07 Å². The summed E-state index contributed by atoms with van der Waals surface area (Å²) in [7, 11) is 0. The van der Waals surface area contributed by atoms with Crippen LogP contribution in [-0.4, -0.2) is 38.0 Å². The summed E-state index contributed by atoms with van der Waals surface area (Å²) in [6, 6.07) is 12.0. The molecule has 0 amide bonds. The first-order chi connectivity index (χ1) is 11.2. The zero-order chi connectivity index (χ0) is 16.1. The molecule has 0 radical (unpaired) electrons. The average Bonchev–Trinajstić information content (AvgIpc) is 3.11. The predicted molar refractivity (Wildman–Crippen MR) is 89.5 cm³/mol. The first kappa shape index (κ1) is 16.1. The molecule has 1 fully saturated rings. The number of furan rings is 1. The van der Waals surface area contributed by atoms with E-state index in [1.54, 1.807) is 25.3 Å². The molecule has 5 nitrogen and oxygen atoms in total. The van der Waals surface area contributed by atoms with E-state index in [-0.39, 0.29) is 0 Å². The van der Waals surface area contributed by atoms with E-state index >= 15 is 0 Å². The maximum atomic E-state index is 10.5. The first-order valence-corrected chi connectivity index (χ1v) is 8.04. The Balaban J connectivity index is 1.62. The Bertz CT molecular complexity index is 604. The summed E-state index contributed by atoms with van der Waals surface area (Å²) in [5.74, 6) is 0.575. The third kappa shape index (κ3) is 3.93. The van der Waals surface area contributed by atoms with Crippen LogP contribution in [0.4, 0.5) is 5.69 Å². The smallest absolute Gasteiger partial charge is 0.136 e. The summed E-state index contributed by atoms with van der Waals surface area (Å²) in [4.78, 5) is 2.35. The number of nitrogens with zero attached hydrogens (tertiary/aromatic N) is 1. The molecule has 1 aromatic carbocycles. The van der Waals surface area contributed by atoms with Gasteiger partial charge in [0.2, 0.25) is 0 Å². The molecule has 1 saturated heterocycles. The zero-order valence-electron chi connectivity index (χ0n) is 13.5. The molecule has 0 aliphatic carbocycles. The normalized spacial score (nSPS) is 17.9. The number of rotatable bonds is 6. The molecule has 0 saturated carbocycles. The molecular weight excluding hydrogens is 292 g/mol. The lowest BCUT2D eigenvalue weighted by Crippen LogP contribution is -2.38. The lowest BCUT2D eigenvalue weighted by molar-refractivity contribution is 0.0340. The van der Waals surface area contributed by atoms with Gasteiger partial charge in [-0.05, 0) is 30.7 Å². The second-order valence-electron chi connectivity index (χ2n) is 6.08. The van der Waals surface area contributed by atoms with Crippen LogP contribution in [0.1, 0.15) is 18.2 Å². The van der Waals surface area contributed by atoms with Crippen molar-refractivity contribution < 1.29 is 14.3 Å². The van der Waals surface area contributed by atoms with Crippen molar-refractivity contribution in [3.05, 3.63) is 54.0 Å². The largest absolute Gasteiger partial charge is 0.466 e. The minimum atomic E-state index is -1.02. The monoisotopic (exact) mass is 316 g/mol. The molecule has 1 aliphatic rings. The van der Waals surface area contributed by atoms with Gasteiger partial charge in [0, 0.05) is 31.9 Å². The van der Waals surface area contributed by atoms with Crippen molar-refractivity contribution in [1.82, 2.24) is 5.32 Å². The quantitative estimate of drug-likeness (QED) is 0.855. The molecule has 124 valence electrons. The molecule has 1 aliphatic heterocycles. The van der Waals surface area contributed by atoms with Crippen LogP contribution >= 0.6 is 0 Å². The molecule has 3 rings (SSSR count). The number of hydrogen-bond donors (Lipinski definition) is 2. The molecule has 1 atom stereocenters. The van der Waals surface area contributed by atoms with Crippen LogP contribution in [-0.2, 0) is 16.9 Å². The van der Waals surface area contributed by atoms with Gasteiger partial charge in [-0.15, -0.1) is 0 Å². The number of anilines is 1. The van der Waals surface area contributed by atoms with Gasteiger partial charge < -0.3 is 24.5 Å². The fourth-order valence-corrected chi connectivity index (χ4v) is 2.89. The highest BCUT2D eigenvalue weighted by Crippen LogP contribution is 2.23. The Kier molecular flexibility index (Phi) is 5.00. The summed E-state index contributed by atoms with van der Waals surface area (Å²) < 4.78 is 10.7. The predicted octanol–water partition coefficient (Wildman–Crippen LogP) is 2.11. The number of benzene rings is 1. The molecule has 1 aromatic heterocycles. The highest BCUT2D eigenvalue weighted by atomic mass is 16.5. The van der Waals surface area contributed by atoms with Gasteiger partial charge in [0.05, 0.1) is 19.5 Å². The van der Waals surface area contributed by atoms with Gasteiger partial charge in [-0.25, -0.2) is 0 Å². The van der Waals surface area contributed by atoms with Gasteiger partial charge in [0.25, 0.3) is 0 Å². The first-order valence-electron chi connectivity index (χ1n) is 8.04. The molecule has 0 spiro atoms. The van der Waals surface area contributed by atoms with E-state index in [9.17, 15) is 5.11 Å². The highest BCUT2D eigenvalue weighted by Gasteiger charge is 2.25. The van der Waals surface area contributed by atoms with Crippen LogP contribution in [0.2, 0.25) is 0 Å². The molecular formula is C18H24N2O3. The highest BCUT2D eigenvalue weighted by molar-refractivity contribution is 5.53. The number of hydrogen-bond acceptors (Lipinski definition) is 5. The number of ether oxygens (including phenoxy) is 1. The summed E-state index contributed by atoms with van der Waals surface area (Å²) >= 11 is 0. The minimum absolute atomic E-state index is 0.429. The third-order valence-corrected chi connectivity index (χ3v) is 4.18. The van der Waals surface area contributed by atoms with Crippen molar-refractivity contribution >= 4 is 5.69 Å². The fourth-order valence-electron chi connectivity index (χ4n) is 2.89. The number of para-hydroxylation sites is 1. The van der Waals surface area contributed by atoms with E-state index in [0.717, 1.165) is 26.3 Å². The van der Waals surface area contributed by atoms with Crippen molar-refractivity contribution in [1.29, 1.82) is 0 Å². The number of aliphatic hydroxyl groups is 1. The standard InChI is InChI=1S/C18H24N2O3/c1-18(21,17-7-4-10-23-17)14-19-13-15-5-2-3-6-16(15)20-8-11-22-12-9-20/h2-7,10,19,21H,8-9,11-14H2,1H3. The average molecular weight is 316 g/mol. The van der Waals surface area contributed by atoms with Crippen molar-refractivity contribution in [2.75, 3.05) is 37.7 Å². The molecule has 0 bridgehead atoms. The lowest BCUT2D eigenvalue weighted by atomic mass is 10.0. The topological polar surface area (TPSA) is 57.9 Å². The van der Waals surface area contributed by atoms with E-state index in [0.29, 0.717) is 18.8 Å². The Morgan fingerprint density at radius 2 is 1.96 bits per heavy atom. The van der Waals surface area contributed by atoms with Crippen LogP contribution in [0, 0.1) is 0 Å². The van der Waals surface area contributed by atoms with Gasteiger partial charge in [-0.1, -0.05) is 18.2 Å². The number of morpholine rings is 1. The van der Waals surface area contributed by atoms with Crippen LogP contribution in [0.15, 0.2) is 47.1 Å². The Morgan fingerprint density at radius 3 is 2.70 bits per heavy atom. The van der Waals surface area contributed by atoms with Crippen LogP contribution in [0.5, 0.6) is 0 Å². The van der Waals surface area contributed by atoms with Crippen molar-refractivity contribution in [2.45, 2.75) is 19.1 Å².